The molecule has 0 spiro atoms. The summed E-state index contributed by atoms with van der Waals surface area (Å²) in [5.74, 6) is 1.24. The Morgan fingerprint density at radius 2 is 1.94 bits per heavy atom. The molecule has 36 heavy (non-hydrogen) atoms. The van der Waals surface area contributed by atoms with Crippen molar-refractivity contribution in [3.05, 3.63) is 81.7 Å². The maximum absolute atomic E-state index is 13.4. The van der Waals surface area contributed by atoms with Crippen LogP contribution in [0.4, 0.5) is 4.39 Å². The molecule has 0 radical (unpaired) electrons. The van der Waals surface area contributed by atoms with Crippen molar-refractivity contribution in [2.45, 2.75) is 64.2 Å². The Morgan fingerprint density at radius 1 is 1.17 bits per heavy atom. The van der Waals surface area contributed by atoms with E-state index < -0.39 is 0 Å². The fourth-order valence-electron chi connectivity index (χ4n) is 5.29. The molecule has 1 fully saturated rings. The van der Waals surface area contributed by atoms with Crippen LogP contribution in [-0.4, -0.2) is 43.2 Å². The van der Waals surface area contributed by atoms with Crippen molar-refractivity contribution < 1.29 is 9.13 Å². The number of methoxy groups -OCH3 is 1. The number of nitrogens with zero attached hydrogens (tertiary/aromatic N) is 5. The Hall–Kier alpha value is -3.59. The monoisotopic (exact) mass is 490 g/mol. The van der Waals surface area contributed by atoms with Gasteiger partial charge in [0.1, 0.15) is 11.6 Å². The first kappa shape index (κ1) is 24.1. The van der Waals surface area contributed by atoms with Crippen LogP contribution in [0.15, 0.2) is 53.3 Å². The second-order valence-electron chi connectivity index (χ2n) is 9.43. The van der Waals surface area contributed by atoms with Gasteiger partial charge in [0, 0.05) is 29.1 Å². The van der Waals surface area contributed by atoms with Crippen LogP contribution >= 0.6 is 0 Å². The number of nitrogens with one attached hydrogen (secondary N) is 1. The predicted molar refractivity (Wildman–Crippen MR) is 135 cm³/mol. The molecule has 2 aromatic carbocycles. The molecule has 5 rings (SSSR count). The highest BCUT2D eigenvalue weighted by atomic mass is 19.1. The molecule has 1 N–H and O–H groups in total. The topological polar surface area (TPSA) is 88.9 Å². The van der Waals surface area contributed by atoms with Crippen LogP contribution in [0.1, 0.15) is 62.0 Å². The summed E-state index contributed by atoms with van der Waals surface area (Å²) < 4.78 is 20.6. The van der Waals surface area contributed by atoms with Gasteiger partial charge in [-0.1, -0.05) is 31.9 Å². The number of aromatic nitrogens is 5. The van der Waals surface area contributed by atoms with Crippen molar-refractivity contribution in [2.75, 3.05) is 7.11 Å². The Labute approximate surface area is 209 Å². The van der Waals surface area contributed by atoms with Gasteiger partial charge in [-0.05, 0) is 71.7 Å². The number of H-pyrrole nitrogens is 1. The highest BCUT2D eigenvalue weighted by Gasteiger charge is 2.32. The van der Waals surface area contributed by atoms with Crippen molar-refractivity contribution in [3.63, 3.8) is 0 Å². The van der Waals surface area contributed by atoms with Crippen molar-refractivity contribution in [3.8, 4) is 5.75 Å². The minimum atomic E-state index is -0.271. The fourth-order valence-corrected chi connectivity index (χ4v) is 5.29. The van der Waals surface area contributed by atoms with E-state index in [2.05, 4.69) is 32.3 Å². The highest BCUT2D eigenvalue weighted by Crippen LogP contribution is 2.34. The van der Waals surface area contributed by atoms with Gasteiger partial charge in [-0.25, -0.2) is 9.07 Å². The average molecular weight is 491 g/mol. The smallest absolute Gasteiger partial charge is 0.252 e. The van der Waals surface area contributed by atoms with Crippen molar-refractivity contribution in [1.82, 2.24) is 30.1 Å². The second-order valence-corrected chi connectivity index (χ2v) is 9.43. The van der Waals surface area contributed by atoms with Gasteiger partial charge in [0.05, 0.1) is 19.7 Å². The van der Waals surface area contributed by atoms with Gasteiger partial charge in [-0.2, -0.15) is 0 Å². The molecular formula is C27H31FN6O2. The standard InChI is InChI=1S/C27H31FN6O2/c1-3-25(26-30-31-32-34(26)16-18-8-10-21(28)11-9-18)33(22-6-4-5-7-22)17-20-14-19-15-23(36-2)12-13-24(19)29-27(20)35/h8-15,22,25H,3-7,16-17H2,1-2H3,(H,29,35)/t25-/m1/s1. The van der Waals surface area contributed by atoms with E-state index in [1.165, 1.54) is 25.0 Å². The number of aromatic amines is 1. The Morgan fingerprint density at radius 3 is 2.67 bits per heavy atom. The van der Waals surface area contributed by atoms with Gasteiger partial charge in [0.25, 0.3) is 5.56 Å². The van der Waals surface area contributed by atoms with E-state index in [1.54, 1.807) is 23.9 Å². The lowest BCUT2D eigenvalue weighted by molar-refractivity contribution is 0.112. The summed E-state index contributed by atoms with van der Waals surface area (Å²) in [5.41, 5.74) is 2.33. The SMILES string of the molecule is CC[C@H](c1nnnn1Cc1ccc(F)cc1)N(Cc1cc2cc(OC)ccc2[nH]c1=O)C1CCCC1. The van der Waals surface area contributed by atoms with Gasteiger partial charge in [0.2, 0.25) is 0 Å². The Balaban J connectivity index is 1.49. The Bertz CT molecular complexity index is 1380. The van der Waals surface area contributed by atoms with E-state index >= 15 is 0 Å². The number of ether oxygens (including phenoxy) is 1. The van der Waals surface area contributed by atoms with Crippen molar-refractivity contribution in [1.29, 1.82) is 0 Å². The number of pyridine rings is 1. The molecule has 0 amide bonds. The molecule has 0 saturated heterocycles. The van der Waals surface area contributed by atoms with Gasteiger partial charge < -0.3 is 9.72 Å². The molecule has 1 saturated carbocycles. The number of hydrogen-bond acceptors (Lipinski definition) is 6. The molecule has 0 unspecified atom stereocenters. The van der Waals surface area contributed by atoms with Gasteiger partial charge in [-0.3, -0.25) is 9.69 Å². The maximum Gasteiger partial charge on any atom is 0.252 e. The summed E-state index contributed by atoms with van der Waals surface area (Å²) in [4.78, 5) is 18.5. The lowest BCUT2D eigenvalue weighted by atomic mass is 10.0. The third-order valence-electron chi connectivity index (χ3n) is 7.17. The van der Waals surface area contributed by atoms with Crippen molar-refractivity contribution >= 4 is 10.9 Å². The fraction of sp³-hybridized carbons (Fsp3) is 0.407. The highest BCUT2D eigenvalue weighted by molar-refractivity contribution is 5.80. The molecule has 9 heteroatoms. The summed E-state index contributed by atoms with van der Waals surface area (Å²) in [6, 6.07) is 14.3. The number of halogens is 1. The first-order valence-electron chi connectivity index (χ1n) is 12.5. The quantitative estimate of drug-likeness (QED) is 0.369. The number of fused-ring (bicyclic) bond motifs is 1. The van der Waals surface area contributed by atoms with E-state index in [9.17, 15) is 9.18 Å². The molecule has 1 aliphatic carbocycles. The van der Waals surface area contributed by atoms with E-state index in [0.717, 1.165) is 47.3 Å². The number of hydrogen-bond donors (Lipinski definition) is 1. The third kappa shape index (κ3) is 5.02. The van der Waals surface area contributed by atoms with Crippen LogP contribution in [0.5, 0.6) is 5.75 Å². The van der Waals surface area contributed by atoms with Crippen molar-refractivity contribution in [2.24, 2.45) is 0 Å². The molecule has 188 valence electrons. The van der Waals surface area contributed by atoms with E-state index in [4.69, 9.17) is 4.74 Å². The molecule has 1 aliphatic rings. The molecule has 4 aromatic rings. The van der Waals surface area contributed by atoms with Crippen LogP contribution in [0, 0.1) is 5.82 Å². The van der Waals surface area contributed by atoms with E-state index in [0.29, 0.717) is 24.7 Å². The third-order valence-corrected chi connectivity index (χ3v) is 7.17. The molecular weight excluding hydrogens is 459 g/mol. The van der Waals surface area contributed by atoms with E-state index in [-0.39, 0.29) is 17.4 Å². The normalized spacial score (nSPS) is 15.1. The molecule has 0 bridgehead atoms. The molecule has 2 aromatic heterocycles. The van der Waals surface area contributed by atoms with Gasteiger partial charge >= 0.3 is 0 Å². The zero-order chi connectivity index (χ0) is 25.1. The summed E-state index contributed by atoms with van der Waals surface area (Å²) in [7, 11) is 1.64. The number of benzene rings is 2. The first-order valence-corrected chi connectivity index (χ1v) is 12.5. The van der Waals surface area contributed by atoms with Gasteiger partial charge in [0.15, 0.2) is 5.82 Å². The lowest BCUT2D eigenvalue weighted by Gasteiger charge is -2.35. The molecule has 0 aliphatic heterocycles. The van der Waals surface area contributed by atoms with Crippen LogP contribution in [0.3, 0.4) is 0 Å². The van der Waals surface area contributed by atoms with Crippen LogP contribution < -0.4 is 10.3 Å². The molecule has 1 atom stereocenters. The number of tetrazole rings is 1. The van der Waals surface area contributed by atoms with E-state index in [1.807, 2.05) is 24.3 Å². The summed E-state index contributed by atoms with van der Waals surface area (Å²) in [6.07, 6.45) is 5.29. The largest absolute Gasteiger partial charge is 0.497 e. The zero-order valence-corrected chi connectivity index (χ0v) is 20.7. The molecule has 2 heterocycles. The summed E-state index contributed by atoms with van der Waals surface area (Å²) >= 11 is 0. The predicted octanol–water partition coefficient (Wildman–Crippen LogP) is 4.61. The molecule has 8 nitrogen and oxygen atoms in total. The summed E-state index contributed by atoms with van der Waals surface area (Å²) in [6.45, 7) is 3.07. The second kappa shape index (κ2) is 10.6. The van der Waals surface area contributed by atoms with Crippen LogP contribution in [-0.2, 0) is 13.1 Å². The van der Waals surface area contributed by atoms with Crippen LogP contribution in [0.25, 0.3) is 10.9 Å². The summed E-state index contributed by atoms with van der Waals surface area (Å²) in [5, 5.41) is 13.6. The number of rotatable bonds is 9. The maximum atomic E-state index is 13.4. The lowest BCUT2D eigenvalue weighted by Crippen LogP contribution is -2.39. The average Bonchev–Trinajstić information content (AvgIpc) is 3.58. The Kier molecular flexibility index (Phi) is 7.09. The minimum absolute atomic E-state index is 0.0658. The van der Waals surface area contributed by atoms with Crippen LogP contribution in [0.2, 0.25) is 0 Å². The minimum Gasteiger partial charge on any atom is -0.497 e. The zero-order valence-electron chi connectivity index (χ0n) is 20.7. The first-order chi connectivity index (χ1) is 17.6. The van der Waals surface area contributed by atoms with Gasteiger partial charge in [-0.15, -0.1) is 5.10 Å².